The van der Waals surface area contributed by atoms with Crippen LogP contribution in [0, 0.1) is 5.92 Å². The van der Waals surface area contributed by atoms with Crippen LogP contribution >= 0.6 is 11.8 Å². The maximum atomic E-state index is 14.0. The lowest BCUT2D eigenvalue weighted by atomic mass is 9.99. The number of hydrogen-bond acceptors (Lipinski definition) is 9. The third-order valence-electron chi connectivity index (χ3n) is 6.83. The Hall–Kier alpha value is -4.97. The lowest BCUT2D eigenvalue weighted by Crippen LogP contribution is -2.56. The van der Waals surface area contributed by atoms with Gasteiger partial charge in [-0.15, -0.1) is 0 Å². The van der Waals surface area contributed by atoms with Crippen molar-refractivity contribution in [3.8, 4) is 23.0 Å². The number of aliphatic imine (C=N–C) groups is 1. The first kappa shape index (κ1) is 32.0. The number of aromatic hydroxyl groups is 2. The zero-order valence-electron chi connectivity index (χ0n) is 24.7. The first-order chi connectivity index (χ1) is 21.0. The van der Waals surface area contributed by atoms with Crippen molar-refractivity contribution in [2.24, 2.45) is 16.6 Å². The van der Waals surface area contributed by atoms with Gasteiger partial charge in [0.15, 0.2) is 16.7 Å². The highest BCUT2D eigenvalue weighted by atomic mass is 32.2. The van der Waals surface area contributed by atoms with Crippen molar-refractivity contribution < 1.29 is 34.1 Å². The number of rotatable bonds is 11. The van der Waals surface area contributed by atoms with Crippen molar-refractivity contribution in [3.63, 3.8) is 0 Å². The first-order valence-corrected chi connectivity index (χ1v) is 14.5. The molecule has 1 unspecified atom stereocenters. The fourth-order valence-electron chi connectivity index (χ4n) is 4.64. The summed E-state index contributed by atoms with van der Waals surface area (Å²) in [6.45, 7) is 3.58. The summed E-state index contributed by atoms with van der Waals surface area (Å²) < 4.78 is 10.5. The van der Waals surface area contributed by atoms with Gasteiger partial charge in [0.05, 0.1) is 24.8 Å². The van der Waals surface area contributed by atoms with E-state index >= 15 is 0 Å². The van der Waals surface area contributed by atoms with E-state index in [2.05, 4.69) is 5.32 Å². The van der Waals surface area contributed by atoms with E-state index in [4.69, 9.17) is 20.2 Å². The van der Waals surface area contributed by atoms with Crippen molar-refractivity contribution in [1.29, 1.82) is 0 Å². The number of phenols is 2. The molecule has 0 aliphatic carbocycles. The number of hydrogen-bond donors (Lipinski definition) is 4. The zero-order chi connectivity index (χ0) is 32.0. The second-order valence-corrected chi connectivity index (χ2v) is 11.3. The highest BCUT2D eigenvalue weighted by molar-refractivity contribution is 8.18. The molecule has 0 aromatic heterocycles. The number of ether oxygens (including phenoxy) is 2. The summed E-state index contributed by atoms with van der Waals surface area (Å²) in [5, 5.41) is 22.9. The third kappa shape index (κ3) is 7.32. The summed E-state index contributed by atoms with van der Waals surface area (Å²) >= 11 is 1.09. The minimum atomic E-state index is -1.07. The number of carbonyl (C=O) groups is 3. The fourth-order valence-corrected chi connectivity index (χ4v) is 5.66. The van der Waals surface area contributed by atoms with Crippen LogP contribution in [-0.4, -0.2) is 64.3 Å². The van der Waals surface area contributed by atoms with Crippen molar-refractivity contribution in [3.05, 3.63) is 82.8 Å². The Bertz CT molecular complexity index is 1560. The minimum absolute atomic E-state index is 0.0663. The maximum absolute atomic E-state index is 14.0. The first-order valence-electron chi connectivity index (χ1n) is 13.7. The van der Waals surface area contributed by atoms with E-state index in [9.17, 15) is 24.6 Å². The number of primary amides is 1. The van der Waals surface area contributed by atoms with Crippen LogP contribution in [0.5, 0.6) is 23.0 Å². The predicted octanol–water partition coefficient (Wildman–Crippen LogP) is 3.96. The number of methoxy groups -OCH3 is 2. The van der Waals surface area contributed by atoms with Crippen LogP contribution in [0.4, 0.5) is 5.69 Å². The number of amidine groups is 1. The van der Waals surface area contributed by atoms with E-state index in [0.29, 0.717) is 16.8 Å². The second-order valence-electron chi connectivity index (χ2n) is 10.3. The van der Waals surface area contributed by atoms with E-state index in [1.807, 2.05) is 18.2 Å². The Morgan fingerprint density at radius 3 is 2.18 bits per heavy atom. The number of benzene rings is 3. The van der Waals surface area contributed by atoms with Gasteiger partial charge in [-0.3, -0.25) is 19.3 Å². The number of nitrogens with two attached hydrogens (primary N) is 1. The van der Waals surface area contributed by atoms with Crippen LogP contribution in [-0.2, 0) is 20.8 Å². The van der Waals surface area contributed by atoms with E-state index in [-0.39, 0.29) is 39.5 Å². The van der Waals surface area contributed by atoms with Crippen LogP contribution in [0.2, 0.25) is 0 Å². The van der Waals surface area contributed by atoms with E-state index in [1.165, 1.54) is 31.3 Å². The Morgan fingerprint density at radius 1 is 1.02 bits per heavy atom. The molecule has 1 fully saturated rings. The van der Waals surface area contributed by atoms with E-state index in [1.54, 1.807) is 56.3 Å². The second kappa shape index (κ2) is 14.0. The monoisotopic (exact) mass is 618 g/mol. The molecule has 3 aromatic rings. The smallest absolute Gasteiger partial charge is 0.267 e. The summed E-state index contributed by atoms with van der Waals surface area (Å²) in [4.78, 5) is 46.5. The molecule has 4 rings (SSSR count). The summed E-state index contributed by atoms with van der Waals surface area (Å²) in [7, 11) is 2.81. The summed E-state index contributed by atoms with van der Waals surface area (Å²) in [5.41, 5.74) is 7.43. The maximum Gasteiger partial charge on any atom is 0.267 e. The van der Waals surface area contributed by atoms with E-state index < -0.39 is 35.7 Å². The molecule has 11 nitrogen and oxygen atoms in total. The number of phenolic OH excluding ortho intramolecular Hbond substituents is 2. The number of amides is 3. The molecule has 1 heterocycles. The molecule has 12 heteroatoms. The van der Waals surface area contributed by atoms with Crippen LogP contribution in [0.25, 0.3) is 6.08 Å². The quantitative estimate of drug-likeness (QED) is 0.235. The van der Waals surface area contributed by atoms with Gasteiger partial charge in [-0.1, -0.05) is 44.2 Å². The zero-order valence-corrected chi connectivity index (χ0v) is 25.5. The van der Waals surface area contributed by atoms with Gasteiger partial charge in [0.1, 0.15) is 17.8 Å². The fraction of sp³-hybridized carbons (Fsp3) is 0.250. The Morgan fingerprint density at radius 2 is 1.64 bits per heavy atom. The lowest BCUT2D eigenvalue weighted by Gasteiger charge is -2.30. The molecular weight excluding hydrogens is 584 g/mol. The predicted molar refractivity (Wildman–Crippen MR) is 169 cm³/mol. The average molecular weight is 619 g/mol. The molecule has 44 heavy (non-hydrogen) atoms. The molecular formula is C32H34N4O7S. The normalized spacial score (nSPS) is 16.3. The summed E-state index contributed by atoms with van der Waals surface area (Å²) in [6.07, 6.45) is 1.69. The molecule has 0 spiro atoms. The van der Waals surface area contributed by atoms with Gasteiger partial charge in [0, 0.05) is 6.42 Å². The molecule has 2 atom stereocenters. The Balaban J connectivity index is 1.72. The SMILES string of the molecule is COc1cc(C=C2SC(=Nc3ccccc3)N(C(C(=O)N[C@@H](Cc3ccc(O)cc3)C(N)=O)C(C)C)C2=O)cc(OC)c1O. The van der Waals surface area contributed by atoms with Gasteiger partial charge >= 0.3 is 0 Å². The van der Waals surface area contributed by atoms with Crippen molar-refractivity contribution >= 4 is 46.4 Å². The van der Waals surface area contributed by atoms with Crippen LogP contribution in [0.1, 0.15) is 25.0 Å². The molecule has 3 amide bonds. The standard InChI is InChI=1S/C32H34N4O7S/c1-18(2)27(30(40)35-23(29(33)39)14-19-10-12-22(37)13-11-19)36-31(41)26(44-32(36)34-21-8-6-5-7-9-21)17-20-15-24(42-3)28(38)25(16-20)43-4/h5-13,15-18,23,27,37-38H,14H2,1-4H3,(H2,33,39)(H,35,40)/t23-,27?/m0/s1. The third-order valence-corrected chi connectivity index (χ3v) is 7.82. The Labute approximate surface area is 259 Å². The van der Waals surface area contributed by atoms with Gasteiger partial charge < -0.3 is 30.7 Å². The molecule has 0 bridgehead atoms. The van der Waals surface area contributed by atoms with Gasteiger partial charge in [-0.25, -0.2) is 4.99 Å². The molecule has 3 aromatic carbocycles. The highest BCUT2D eigenvalue weighted by Crippen LogP contribution is 2.41. The lowest BCUT2D eigenvalue weighted by molar-refractivity contribution is -0.136. The van der Waals surface area contributed by atoms with Gasteiger partial charge in [-0.2, -0.15) is 0 Å². The molecule has 0 radical (unpaired) electrons. The summed E-state index contributed by atoms with van der Waals surface area (Å²) in [6, 6.07) is 16.2. The number of nitrogens with one attached hydrogen (secondary N) is 1. The van der Waals surface area contributed by atoms with Crippen LogP contribution < -0.4 is 20.5 Å². The largest absolute Gasteiger partial charge is 0.508 e. The summed E-state index contributed by atoms with van der Waals surface area (Å²) in [5.74, 6) is -1.98. The average Bonchev–Trinajstić information content (AvgIpc) is 3.28. The molecule has 5 N–H and O–H groups in total. The number of carbonyl (C=O) groups excluding carboxylic acids is 3. The van der Waals surface area contributed by atoms with Crippen molar-refractivity contribution in [2.75, 3.05) is 14.2 Å². The molecule has 1 aliphatic rings. The number of thioether (sulfide) groups is 1. The molecule has 230 valence electrons. The molecule has 0 saturated carbocycles. The van der Waals surface area contributed by atoms with Crippen molar-refractivity contribution in [2.45, 2.75) is 32.4 Å². The van der Waals surface area contributed by atoms with E-state index in [0.717, 1.165) is 11.8 Å². The van der Waals surface area contributed by atoms with Gasteiger partial charge in [0.2, 0.25) is 17.6 Å². The Kier molecular flexibility index (Phi) is 10.2. The number of para-hydroxylation sites is 1. The minimum Gasteiger partial charge on any atom is -0.508 e. The van der Waals surface area contributed by atoms with Crippen molar-refractivity contribution in [1.82, 2.24) is 10.2 Å². The van der Waals surface area contributed by atoms with Gasteiger partial charge in [0.25, 0.3) is 5.91 Å². The molecule has 1 saturated heterocycles. The highest BCUT2D eigenvalue weighted by Gasteiger charge is 2.43. The molecule has 1 aliphatic heterocycles. The number of nitrogens with zero attached hydrogens (tertiary/aromatic N) is 2. The van der Waals surface area contributed by atoms with Crippen LogP contribution in [0.3, 0.4) is 0 Å². The van der Waals surface area contributed by atoms with Gasteiger partial charge in [-0.05, 0) is 71.3 Å². The van der Waals surface area contributed by atoms with Crippen LogP contribution in [0.15, 0.2) is 76.6 Å². The topological polar surface area (TPSA) is 164 Å².